The van der Waals surface area contributed by atoms with Crippen LogP contribution in [0.5, 0.6) is 0 Å². The Morgan fingerprint density at radius 3 is 2.50 bits per heavy atom. The van der Waals surface area contributed by atoms with E-state index in [0.717, 1.165) is 22.7 Å². The Labute approximate surface area is 150 Å². The van der Waals surface area contributed by atoms with Crippen molar-refractivity contribution < 1.29 is 25.6 Å². The predicted molar refractivity (Wildman–Crippen MR) is 94.1 cm³/mol. The van der Waals surface area contributed by atoms with Crippen LogP contribution < -0.4 is 9.03 Å². The number of hydrogen-bond acceptors (Lipinski definition) is 4. The van der Waals surface area contributed by atoms with Crippen molar-refractivity contribution >= 4 is 31.4 Å². The van der Waals surface area contributed by atoms with Gasteiger partial charge in [0.15, 0.2) is 0 Å². The number of anilines is 2. The standard InChI is InChI=1S/C16H16F2N2O4S2/c1-25(21,22)19-14-5-2-6-15-12(14)4-3-9-20(15)26(23,24)16-10-11(17)7-8-13(16)18/h2,5-8,10,19H,3-4,9H2,1H3. The molecular weight excluding hydrogens is 386 g/mol. The van der Waals surface area contributed by atoms with Crippen LogP contribution in [0.3, 0.4) is 0 Å². The van der Waals surface area contributed by atoms with Crippen LogP contribution in [-0.4, -0.2) is 29.6 Å². The topological polar surface area (TPSA) is 83.6 Å². The average molecular weight is 402 g/mol. The lowest BCUT2D eigenvalue weighted by Crippen LogP contribution is -2.36. The fourth-order valence-electron chi connectivity index (χ4n) is 2.93. The quantitative estimate of drug-likeness (QED) is 0.852. The molecule has 6 nitrogen and oxygen atoms in total. The average Bonchev–Trinajstić information content (AvgIpc) is 2.55. The van der Waals surface area contributed by atoms with Crippen LogP contribution in [0.2, 0.25) is 0 Å². The van der Waals surface area contributed by atoms with Crippen LogP contribution in [0, 0.1) is 11.6 Å². The lowest BCUT2D eigenvalue weighted by atomic mass is 10.0. The van der Waals surface area contributed by atoms with Crippen molar-refractivity contribution in [2.24, 2.45) is 0 Å². The van der Waals surface area contributed by atoms with Crippen LogP contribution in [0.25, 0.3) is 0 Å². The molecule has 0 aromatic heterocycles. The van der Waals surface area contributed by atoms with Gasteiger partial charge in [0.05, 0.1) is 17.6 Å². The largest absolute Gasteiger partial charge is 0.283 e. The Morgan fingerprint density at radius 1 is 1.08 bits per heavy atom. The molecule has 0 atom stereocenters. The van der Waals surface area contributed by atoms with E-state index in [-0.39, 0.29) is 17.9 Å². The van der Waals surface area contributed by atoms with Gasteiger partial charge in [-0.3, -0.25) is 9.03 Å². The van der Waals surface area contributed by atoms with Crippen molar-refractivity contribution in [1.82, 2.24) is 0 Å². The number of fused-ring (bicyclic) bond motifs is 1. The van der Waals surface area contributed by atoms with Crippen LogP contribution in [0.4, 0.5) is 20.2 Å². The van der Waals surface area contributed by atoms with Gasteiger partial charge in [-0.1, -0.05) is 6.07 Å². The van der Waals surface area contributed by atoms with Gasteiger partial charge in [0.1, 0.15) is 16.5 Å². The van der Waals surface area contributed by atoms with Crippen molar-refractivity contribution in [1.29, 1.82) is 0 Å². The van der Waals surface area contributed by atoms with Gasteiger partial charge in [0.2, 0.25) is 10.0 Å². The Bertz CT molecular complexity index is 1070. The molecule has 0 radical (unpaired) electrons. The van der Waals surface area contributed by atoms with Crippen LogP contribution in [0.1, 0.15) is 12.0 Å². The second-order valence-electron chi connectivity index (χ2n) is 5.93. The van der Waals surface area contributed by atoms with Crippen LogP contribution in [-0.2, 0) is 26.5 Å². The van der Waals surface area contributed by atoms with E-state index in [1.54, 1.807) is 0 Å². The summed E-state index contributed by atoms with van der Waals surface area (Å²) in [5, 5.41) is 0. The fourth-order valence-corrected chi connectivity index (χ4v) is 5.13. The number of nitrogens with zero attached hydrogens (tertiary/aromatic N) is 1. The molecule has 0 fully saturated rings. The first-order valence-corrected chi connectivity index (χ1v) is 11.0. The Kier molecular flexibility index (Phi) is 4.65. The summed E-state index contributed by atoms with van der Waals surface area (Å²) in [7, 11) is -7.90. The van der Waals surface area contributed by atoms with Crippen LogP contribution in [0.15, 0.2) is 41.3 Å². The molecule has 2 aromatic rings. The number of rotatable bonds is 4. The molecule has 0 saturated carbocycles. The van der Waals surface area contributed by atoms with Gasteiger partial charge >= 0.3 is 0 Å². The molecule has 0 saturated heterocycles. The first-order chi connectivity index (χ1) is 12.1. The Balaban J connectivity index is 2.13. The Morgan fingerprint density at radius 2 is 1.81 bits per heavy atom. The third-order valence-electron chi connectivity index (χ3n) is 3.96. The lowest BCUT2D eigenvalue weighted by Gasteiger charge is -2.31. The van der Waals surface area contributed by atoms with E-state index < -0.39 is 36.6 Å². The number of hydrogen-bond donors (Lipinski definition) is 1. The van der Waals surface area contributed by atoms with Crippen molar-refractivity contribution in [2.75, 3.05) is 21.8 Å². The molecule has 10 heteroatoms. The predicted octanol–water partition coefficient (Wildman–Crippen LogP) is 2.48. The SMILES string of the molecule is CS(=O)(=O)Nc1cccc2c1CCCN2S(=O)(=O)c1cc(F)ccc1F. The molecular formula is C16H16F2N2O4S2. The molecule has 2 aromatic carbocycles. The molecule has 26 heavy (non-hydrogen) atoms. The molecule has 1 heterocycles. The zero-order chi connectivity index (χ0) is 19.1. The Hall–Kier alpha value is -2.20. The first-order valence-electron chi connectivity index (χ1n) is 7.67. The molecule has 3 rings (SSSR count). The molecule has 0 unspecified atom stereocenters. The first kappa shape index (κ1) is 18.6. The zero-order valence-electron chi connectivity index (χ0n) is 13.7. The molecule has 140 valence electrons. The molecule has 1 N–H and O–H groups in total. The maximum atomic E-state index is 14.0. The highest BCUT2D eigenvalue weighted by Gasteiger charge is 2.32. The molecule has 1 aliphatic rings. The van der Waals surface area contributed by atoms with E-state index in [0.29, 0.717) is 24.5 Å². The van der Waals surface area contributed by atoms with Gasteiger partial charge in [0, 0.05) is 12.1 Å². The van der Waals surface area contributed by atoms with Crippen molar-refractivity contribution in [3.8, 4) is 0 Å². The maximum absolute atomic E-state index is 14.0. The maximum Gasteiger partial charge on any atom is 0.267 e. The smallest absolute Gasteiger partial charge is 0.267 e. The lowest BCUT2D eigenvalue weighted by molar-refractivity contribution is 0.549. The minimum atomic E-state index is -4.35. The van der Waals surface area contributed by atoms with E-state index in [1.165, 1.54) is 18.2 Å². The van der Waals surface area contributed by atoms with E-state index in [4.69, 9.17) is 0 Å². The number of sulfonamides is 2. The number of halogens is 2. The minimum absolute atomic E-state index is 0.0770. The van der Waals surface area contributed by atoms with E-state index in [9.17, 15) is 25.6 Å². The van der Waals surface area contributed by atoms with Gasteiger partial charge < -0.3 is 0 Å². The van der Waals surface area contributed by atoms with Gasteiger partial charge in [-0.05, 0) is 43.2 Å². The summed E-state index contributed by atoms with van der Waals surface area (Å²) in [4.78, 5) is -0.758. The van der Waals surface area contributed by atoms with Gasteiger partial charge in [-0.2, -0.15) is 0 Å². The third kappa shape index (κ3) is 3.51. The molecule has 0 aliphatic carbocycles. The highest BCUT2D eigenvalue weighted by molar-refractivity contribution is 7.93. The zero-order valence-corrected chi connectivity index (χ0v) is 15.4. The second-order valence-corrected chi connectivity index (χ2v) is 9.51. The summed E-state index contributed by atoms with van der Waals surface area (Å²) >= 11 is 0. The van der Waals surface area contributed by atoms with Crippen molar-refractivity contribution in [3.63, 3.8) is 0 Å². The van der Waals surface area contributed by atoms with Crippen molar-refractivity contribution in [2.45, 2.75) is 17.7 Å². The third-order valence-corrected chi connectivity index (χ3v) is 6.38. The fraction of sp³-hybridized carbons (Fsp3) is 0.250. The number of nitrogens with one attached hydrogen (secondary N) is 1. The molecule has 0 bridgehead atoms. The van der Waals surface area contributed by atoms with E-state index in [1.807, 2.05) is 0 Å². The normalized spacial score (nSPS) is 14.8. The molecule has 1 aliphatic heterocycles. The monoisotopic (exact) mass is 402 g/mol. The summed E-state index contributed by atoms with van der Waals surface area (Å²) in [5.74, 6) is -1.92. The summed E-state index contributed by atoms with van der Waals surface area (Å²) in [5.41, 5.74) is 1.00. The molecule has 0 amide bonds. The highest BCUT2D eigenvalue weighted by atomic mass is 32.2. The second kappa shape index (κ2) is 6.51. The summed E-state index contributed by atoms with van der Waals surface area (Å²) in [6.45, 7) is 0.0770. The number of benzene rings is 2. The summed E-state index contributed by atoms with van der Waals surface area (Å²) < 4.78 is 79.7. The molecule has 0 spiro atoms. The minimum Gasteiger partial charge on any atom is -0.283 e. The van der Waals surface area contributed by atoms with Gasteiger partial charge in [0.25, 0.3) is 10.0 Å². The summed E-state index contributed by atoms with van der Waals surface area (Å²) in [6, 6.07) is 6.77. The summed E-state index contributed by atoms with van der Waals surface area (Å²) in [6.07, 6.45) is 1.85. The van der Waals surface area contributed by atoms with Gasteiger partial charge in [-0.25, -0.2) is 25.6 Å². The van der Waals surface area contributed by atoms with Gasteiger partial charge in [-0.15, -0.1) is 0 Å². The van der Waals surface area contributed by atoms with Crippen molar-refractivity contribution in [3.05, 3.63) is 53.6 Å². The highest BCUT2D eigenvalue weighted by Crippen LogP contribution is 2.37. The van der Waals surface area contributed by atoms with E-state index in [2.05, 4.69) is 4.72 Å². The van der Waals surface area contributed by atoms with Crippen LogP contribution >= 0.6 is 0 Å². The van der Waals surface area contributed by atoms with E-state index >= 15 is 0 Å².